The molecule has 0 aromatic heterocycles. The van der Waals surface area contributed by atoms with E-state index < -0.39 is 33.8 Å². The van der Waals surface area contributed by atoms with Gasteiger partial charge in [-0.1, -0.05) is 13.2 Å². The van der Waals surface area contributed by atoms with Crippen LogP contribution in [-0.2, 0) is 21.9 Å². The van der Waals surface area contributed by atoms with Crippen molar-refractivity contribution in [2.24, 2.45) is 0 Å². The zero-order valence-electron chi connectivity index (χ0n) is 20.3. The molecular weight excluding hydrogens is 433 g/mol. The van der Waals surface area contributed by atoms with Crippen molar-refractivity contribution in [3.05, 3.63) is 24.3 Å². The van der Waals surface area contributed by atoms with Gasteiger partial charge in [0, 0.05) is 12.8 Å². The van der Waals surface area contributed by atoms with Crippen molar-refractivity contribution in [2.75, 3.05) is 0 Å². The van der Waals surface area contributed by atoms with Crippen LogP contribution < -0.4 is 0 Å². The Morgan fingerprint density at radius 3 is 1.14 bits per heavy atom. The highest BCUT2D eigenvalue weighted by atomic mass is 28.5. The highest BCUT2D eigenvalue weighted by molar-refractivity contribution is 6.89. The van der Waals surface area contributed by atoms with E-state index in [9.17, 15) is 9.59 Å². The molecule has 0 heterocycles. The molecule has 168 valence electrons. The Hall–Kier alpha value is -0.432. The van der Waals surface area contributed by atoms with Crippen LogP contribution in [0.1, 0.15) is 26.7 Å². The molecule has 5 nitrogen and oxygen atoms in total. The molecule has 0 saturated heterocycles. The van der Waals surface area contributed by atoms with Crippen LogP contribution in [-0.4, -0.2) is 45.3 Å². The van der Waals surface area contributed by atoms with Gasteiger partial charge in [0.2, 0.25) is 0 Å². The van der Waals surface area contributed by atoms with Crippen LogP contribution in [0.3, 0.4) is 0 Å². The molecule has 0 aliphatic carbocycles. The fourth-order valence-electron chi connectivity index (χ4n) is 3.32. The molecule has 0 spiro atoms. The van der Waals surface area contributed by atoms with Crippen molar-refractivity contribution in [1.29, 1.82) is 0 Å². The molecule has 0 bridgehead atoms. The number of Topliss-reactive ketones (excluding diaryl/α,β-unsaturated/α-hetero) is 2. The SMILES string of the molecule is C=C(C)C(=O)CC[Si](C)(C)O[Si](C)(C)O[Si](C)(C)O[Si](C)(C)CCC(=O)C(=C)C. The van der Waals surface area contributed by atoms with E-state index in [0.717, 1.165) is 12.1 Å². The van der Waals surface area contributed by atoms with E-state index in [1.165, 1.54) is 0 Å². The normalized spacial score (nSPS) is 13.3. The van der Waals surface area contributed by atoms with Crippen molar-refractivity contribution >= 4 is 45.3 Å². The van der Waals surface area contributed by atoms with E-state index in [1.54, 1.807) is 13.8 Å². The van der Waals surface area contributed by atoms with E-state index in [0.29, 0.717) is 24.0 Å². The van der Waals surface area contributed by atoms with E-state index in [4.69, 9.17) is 12.3 Å². The lowest BCUT2D eigenvalue weighted by Crippen LogP contribution is -2.56. The Balaban J connectivity index is 4.92. The summed E-state index contributed by atoms with van der Waals surface area (Å²) in [6.45, 7) is 27.7. The maximum Gasteiger partial charge on any atom is 0.312 e. The largest absolute Gasteiger partial charge is 0.436 e. The summed E-state index contributed by atoms with van der Waals surface area (Å²) >= 11 is 0. The summed E-state index contributed by atoms with van der Waals surface area (Å²) < 4.78 is 19.5. The zero-order valence-corrected chi connectivity index (χ0v) is 24.3. The van der Waals surface area contributed by atoms with Crippen molar-refractivity contribution in [1.82, 2.24) is 0 Å². The number of hydrogen-bond acceptors (Lipinski definition) is 5. The zero-order chi connectivity index (χ0) is 23.3. The predicted molar refractivity (Wildman–Crippen MR) is 132 cm³/mol. The van der Waals surface area contributed by atoms with Crippen molar-refractivity contribution in [2.45, 2.75) is 91.2 Å². The van der Waals surface area contributed by atoms with Crippen LogP contribution in [0.4, 0.5) is 0 Å². The minimum atomic E-state index is -2.43. The van der Waals surface area contributed by atoms with E-state index in [1.807, 2.05) is 0 Å². The van der Waals surface area contributed by atoms with Gasteiger partial charge < -0.3 is 12.3 Å². The molecule has 0 fully saturated rings. The molecule has 0 N–H and O–H groups in total. The first-order chi connectivity index (χ1) is 12.8. The fourth-order valence-corrected chi connectivity index (χ4v) is 22.3. The van der Waals surface area contributed by atoms with Gasteiger partial charge in [-0.3, -0.25) is 9.59 Å². The number of carbonyl (C=O) groups excluding carboxylic acids is 2. The standard InChI is InChI=1S/C20H42O5Si4/c1-17(2)19(21)13-15-26(5,6)23-28(9,10)25-29(11,12)24-27(7,8)16-14-20(22)18(3)4/h1,3,13-16H2,2,4-12H3. The number of ketones is 2. The summed E-state index contributed by atoms with van der Waals surface area (Å²) in [6, 6.07) is 1.51. The number of rotatable bonds is 14. The maximum atomic E-state index is 11.9. The Morgan fingerprint density at radius 1 is 0.621 bits per heavy atom. The fraction of sp³-hybridized carbons (Fsp3) is 0.700. The average molecular weight is 475 g/mol. The van der Waals surface area contributed by atoms with Gasteiger partial charge in [-0.2, -0.15) is 0 Å². The first-order valence-corrected chi connectivity index (χ1v) is 22.1. The monoisotopic (exact) mass is 474 g/mol. The van der Waals surface area contributed by atoms with Gasteiger partial charge in [-0.15, -0.1) is 0 Å². The Kier molecular flexibility index (Phi) is 10.6. The second-order valence-electron chi connectivity index (χ2n) is 10.0. The molecule has 0 saturated carbocycles. The third kappa shape index (κ3) is 12.8. The topological polar surface area (TPSA) is 61.8 Å². The van der Waals surface area contributed by atoms with Gasteiger partial charge in [-0.25, -0.2) is 0 Å². The molecule has 0 radical (unpaired) electrons. The summed E-state index contributed by atoms with van der Waals surface area (Å²) in [5, 5.41) is 0. The average Bonchev–Trinajstić information content (AvgIpc) is 2.46. The lowest BCUT2D eigenvalue weighted by molar-refractivity contribution is -0.116. The molecule has 0 aliphatic heterocycles. The third-order valence-corrected chi connectivity index (χ3v) is 19.6. The first-order valence-electron chi connectivity index (χ1n) is 10.3. The summed E-state index contributed by atoms with van der Waals surface area (Å²) in [7, 11) is -8.96. The van der Waals surface area contributed by atoms with Gasteiger partial charge in [-0.05, 0) is 89.5 Å². The van der Waals surface area contributed by atoms with Crippen molar-refractivity contribution < 1.29 is 21.9 Å². The van der Waals surface area contributed by atoms with Crippen LogP contribution in [0.25, 0.3) is 0 Å². The molecule has 9 heteroatoms. The smallest absolute Gasteiger partial charge is 0.312 e. The molecule has 0 aromatic rings. The van der Waals surface area contributed by atoms with Crippen LogP contribution in [0.15, 0.2) is 24.3 Å². The molecular formula is C20H42O5Si4. The van der Waals surface area contributed by atoms with Crippen molar-refractivity contribution in [3.8, 4) is 0 Å². The van der Waals surface area contributed by atoms with E-state index >= 15 is 0 Å². The molecule has 0 unspecified atom stereocenters. The summed E-state index contributed by atoms with van der Waals surface area (Å²) in [4.78, 5) is 23.8. The molecule has 0 aliphatic rings. The van der Waals surface area contributed by atoms with Gasteiger partial charge in [0.25, 0.3) is 0 Å². The second kappa shape index (κ2) is 10.7. The number of allylic oxidation sites excluding steroid dienone is 2. The molecule has 0 amide bonds. The Labute approximate surface area is 182 Å². The summed E-state index contributed by atoms with van der Waals surface area (Å²) in [6.07, 6.45) is 0.958. The van der Waals surface area contributed by atoms with Crippen LogP contribution in [0, 0.1) is 0 Å². The number of carbonyl (C=O) groups is 2. The first kappa shape index (κ1) is 28.6. The third-order valence-electron chi connectivity index (χ3n) is 4.40. The molecule has 29 heavy (non-hydrogen) atoms. The Bertz CT molecular complexity index is 585. The Morgan fingerprint density at radius 2 is 0.897 bits per heavy atom. The van der Waals surface area contributed by atoms with Gasteiger partial charge in [0.1, 0.15) is 0 Å². The summed E-state index contributed by atoms with van der Waals surface area (Å²) in [5.74, 6) is 0.203. The van der Waals surface area contributed by atoms with E-state index in [2.05, 4.69) is 65.5 Å². The lowest BCUT2D eigenvalue weighted by atomic mass is 10.2. The highest BCUT2D eigenvalue weighted by Gasteiger charge is 2.43. The summed E-state index contributed by atoms with van der Waals surface area (Å²) in [5.41, 5.74) is 1.20. The van der Waals surface area contributed by atoms with Gasteiger partial charge in [0.15, 0.2) is 28.2 Å². The predicted octanol–water partition coefficient (Wildman–Crippen LogP) is 5.92. The second-order valence-corrected chi connectivity index (χ2v) is 26.1. The maximum absolute atomic E-state index is 11.9. The molecule has 0 atom stereocenters. The van der Waals surface area contributed by atoms with Crippen LogP contribution >= 0.6 is 0 Å². The number of hydrogen-bond donors (Lipinski definition) is 0. The molecule has 0 aromatic carbocycles. The minimum Gasteiger partial charge on any atom is -0.436 e. The van der Waals surface area contributed by atoms with Crippen LogP contribution in [0.2, 0.25) is 64.5 Å². The molecule has 0 rings (SSSR count). The highest BCUT2D eigenvalue weighted by Crippen LogP contribution is 2.28. The minimum absolute atomic E-state index is 0.102. The van der Waals surface area contributed by atoms with Gasteiger partial charge in [0.05, 0.1) is 0 Å². The van der Waals surface area contributed by atoms with Crippen LogP contribution in [0.5, 0.6) is 0 Å². The van der Waals surface area contributed by atoms with Crippen molar-refractivity contribution in [3.63, 3.8) is 0 Å². The van der Waals surface area contributed by atoms with E-state index in [-0.39, 0.29) is 11.6 Å². The lowest BCUT2D eigenvalue weighted by Gasteiger charge is -2.41. The van der Waals surface area contributed by atoms with Gasteiger partial charge >= 0.3 is 17.1 Å². The quantitative estimate of drug-likeness (QED) is 0.231.